The van der Waals surface area contributed by atoms with Crippen LogP contribution in [0.15, 0.2) is 44.9 Å². The molecule has 0 bridgehead atoms. The van der Waals surface area contributed by atoms with E-state index in [1.54, 1.807) is 29.3 Å². The van der Waals surface area contributed by atoms with Gasteiger partial charge in [-0.1, -0.05) is 11.8 Å². The molecule has 4 nitrogen and oxygen atoms in total. The molecule has 0 aliphatic rings. The van der Waals surface area contributed by atoms with Crippen molar-refractivity contribution in [1.82, 2.24) is 15.0 Å². The monoisotopic (exact) mass is 380 g/mol. The van der Waals surface area contributed by atoms with Crippen LogP contribution in [0.2, 0.25) is 0 Å². The molecule has 0 atom stereocenters. The Morgan fingerprint density at radius 3 is 3.05 bits per heavy atom. The zero-order valence-corrected chi connectivity index (χ0v) is 14.3. The summed E-state index contributed by atoms with van der Waals surface area (Å²) in [4.78, 5) is 13.0. The number of aromatic nitrogens is 3. The van der Waals surface area contributed by atoms with Crippen molar-refractivity contribution in [2.75, 3.05) is 17.6 Å². The Balaban J connectivity index is 1.55. The van der Waals surface area contributed by atoms with Gasteiger partial charge in [-0.3, -0.25) is 9.97 Å². The Kier molecular flexibility index (Phi) is 5.05. The molecule has 3 aromatic rings. The molecule has 7 heteroatoms. The Bertz CT molecular complexity index is 718. The second-order valence-corrected chi connectivity index (χ2v) is 7.46. The largest absolute Gasteiger partial charge is 0.383 e. The number of nitrogens with zero attached hydrogens (tertiary/aromatic N) is 3. The molecule has 0 fully saturated rings. The van der Waals surface area contributed by atoms with Gasteiger partial charge in [0.1, 0.15) is 9.86 Å². The highest BCUT2D eigenvalue weighted by atomic mass is 79.9. The van der Waals surface area contributed by atoms with Gasteiger partial charge >= 0.3 is 0 Å². The molecule has 0 amide bonds. The fraction of sp³-hybridized carbons (Fsp3) is 0.214. The van der Waals surface area contributed by atoms with Crippen molar-refractivity contribution >= 4 is 55.7 Å². The minimum Gasteiger partial charge on any atom is -0.383 e. The smallest absolute Gasteiger partial charge is 0.149 e. The quantitative estimate of drug-likeness (QED) is 0.505. The average molecular weight is 381 g/mol. The third-order valence-corrected chi connectivity index (χ3v) is 5.30. The highest BCUT2D eigenvalue weighted by Gasteiger charge is 2.03. The molecule has 0 saturated heterocycles. The summed E-state index contributed by atoms with van der Waals surface area (Å²) in [5.74, 6) is 1.06. The normalized spacial score (nSPS) is 10.9. The number of hydrogen-bond acceptors (Lipinski definition) is 6. The second-order valence-electron chi connectivity index (χ2n) is 4.31. The zero-order chi connectivity index (χ0) is 14.5. The lowest BCUT2D eigenvalue weighted by Crippen LogP contribution is -2.04. The fourth-order valence-corrected chi connectivity index (χ4v) is 3.85. The van der Waals surface area contributed by atoms with E-state index in [4.69, 9.17) is 0 Å². The van der Waals surface area contributed by atoms with Crippen molar-refractivity contribution in [3.05, 3.63) is 40.6 Å². The Labute approximate surface area is 139 Å². The van der Waals surface area contributed by atoms with Crippen molar-refractivity contribution in [3.63, 3.8) is 0 Å². The third-order valence-electron chi connectivity index (χ3n) is 2.82. The maximum atomic E-state index is 4.43. The summed E-state index contributed by atoms with van der Waals surface area (Å²) >= 11 is 6.91. The minimum atomic E-state index is 0.895. The molecule has 3 heterocycles. The lowest BCUT2D eigenvalue weighted by Gasteiger charge is -2.08. The van der Waals surface area contributed by atoms with E-state index in [0.29, 0.717) is 0 Å². The highest BCUT2D eigenvalue weighted by molar-refractivity contribution is 9.10. The molecular weight excluding hydrogens is 368 g/mol. The molecule has 0 aliphatic heterocycles. The van der Waals surface area contributed by atoms with Crippen molar-refractivity contribution < 1.29 is 0 Å². The lowest BCUT2D eigenvalue weighted by molar-refractivity contribution is 0.991. The maximum Gasteiger partial charge on any atom is 0.149 e. The first-order valence-corrected chi connectivity index (χ1v) is 9.15. The molecule has 3 rings (SSSR count). The molecule has 0 aromatic carbocycles. The number of pyridine rings is 2. The van der Waals surface area contributed by atoms with E-state index in [1.807, 2.05) is 29.9 Å². The zero-order valence-electron chi connectivity index (χ0n) is 11.1. The number of thiazole rings is 1. The van der Waals surface area contributed by atoms with Gasteiger partial charge in [-0.15, -0.1) is 11.3 Å². The van der Waals surface area contributed by atoms with Crippen LogP contribution in [-0.4, -0.2) is 27.2 Å². The second kappa shape index (κ2) is 7.20. The SMILES string of the molecule is Brc1cnc2c(NCCCSc3nccs3)ccnc2c1. The molecule has 0 unspecified atom stereocenters. The van der Waals surface area contributed by atoms with E-state index < -0.39 is 0 Å². The predicted molar refractivity (Wildman–Crippen MR) is 93.2 cm³/mol. The van der Waals surface area contributed by atoms with Crippen LogP contribution in [0.3, 0.4) is 0 Å². The lowest BCUT2D eigenvalue weighted by atomic mass is 10.3. The van der Waals surface area contributed by atoms with E-state index in [0.717, 1.165) is 44.3 Å². The predicted octanol–water partition coefficient (Wildman–Crippen LogP) is 4.44. The summed E-state index contributed by atoms with van der Waals surface area (Å²) < 4.78 is 2.08. The van der Waals surface area contributed by atoms with Crippen LogP contribution in [-0.2, 0) is 0 Å². The van der Waals surface area contributed by atoms with Gasteiger partial charge in [-0.05, 0) is 34.5 Å². The first-order chi connectivity index (χ1) is 10.3. The molecule has 3 aromatic heterocycles. The van der Waals surface area contributed by atoms with E-state index >= 15 is 0 Å². The summed E-state index contributed by atoms with van der Waals surface area (Å²) in [6.45, 7) is 0.912. The van der Waals surface area contributed by atoms with E-state index in [2.05, 4.69) is 36.2 Å². The molecule has 1 N–H and O–H groups in total. The van der Waals surface area contributed by atoms with Gasteiger partial charge in [0.05, 0.1) is 11.2 Å². The summed E-state index contributed by atoms with van der Waals surface area (Å²) in [5.41, 5.74) is 2.84. The summed E-state index contributed by atoms with van der Waals surface area (Å²) in [5, 5.41) is 5.45. The molecule has 21 heavy (non-hydrogen) atoms. The summed E-state index contributed by atoms with van der Waals surface area (Å²) in [6.07, 6.45) is 6.53. The number of anilines is 1. The molecule has 0 saturated carbocycles. The van der Waals surface area contributed by atoms with Crippen molar-refractivity contribution in [2.24, 2.45) is 0 Å². The number of hydrogen-bond donors (Lipinski definition) is 1. The van der Waals surface area contributed by atoms with Crippen LogP contribution in [0.1, 0.15) is 6.42 Å². The molecule has 0 radical (unpaired) electrons. The van der Waals surface area contributed by atoms with E-state index in [1.165, 1.54) is 0 Å². The average Bonchev–Trinajstić information content (AvgIpc) is 3.00. The van der Waals surface area contributed by atoms with Crippen LogP contribution in [0, 0.1) is 0 Å². The van der Waals surface area contributed by atoms with Gasteiger partial charge in [-0.25, -0.2) is 4.98 Å². The summed E-state index contributed by atoms with van der Waals surface area (Å²) in [7, 11) is 0. The maximum absolute atomic E-state index is 4.43. The van der Waals surface area contributed by atoms with Crippen molar-refractivity contribution in [1.29, 1.82) is 0 Å². The first kappa shape index (κ1) is 14.7. The highest BCUT2D eigenvalue weighted by Crippen LogP contribution is 2.23. The van der Waals surface area contributed by atoms with Crippen molar-refractivity contribution in [3.8, 4) is 0 Å². The van der Waals surface area contributed by atoms with E-state index in [9.17, 15) is 0 Å². The van der Waals surface area contributed by atoms with Gasteiger partial charge in [0.15, 0.2) is 0 Å². The Hall–Kier alpha value is -1.18. The third kappa shape index (κ3) is 3.93. The fourth-order valence-electron chi connectivity index (χ4n) is 1.88. The number of rotatable bonds is 6. The Morgan fingerprint density at radius 1 is 1.24 bits per heavy atom. The molecule has 108 valence electrons. The van der Waals surface area contributed by atoms with Gasteiger partial charge in [0, 0.05) is 40.7 Å². The van der Waals surface area contributed by atoms with Crippen LogP contribution in [0.5, 0.6) is 0 Å². The number of halogens is 1. The molecule has 0 spiro atoms. The van der Waals surface area contributed by atoms with Crippen LogP contribution < -0.4 is 5.32 Å². The van der Waals surface area contributed by atoms with Crippen LogP contribution in [0.25, 0.3) is 11.0 Å². The number of thioether (sulfide) groups is 1. The van der Waals surface area contributed by atoms with E-state index in [-0.39, 0.29) is 0 Å². The van der Waals surface area contributed by atoms with Crippen LogP contribution in [0.4, 0.5) is 5.69 Å². The van der Waals surface area contributed by atoms with Crippen LogP contribution >= 0.6 is 39.0 Å². The molecular formula is C14H13BrN4S2. The first-order valence-electron chi connectivity index (χ1n) is 6.49. The standard InChI is InChI=1S/C14H13BrN4S2/c15-10-8-12-13(19-9-10)11(2-4-17-12)16-3-1-6-20-14-18-5-7-21-14/h2,4-5,7-9H,1,3,6H2,(H,16,17). The van der Waals surface area contributed by atoms with Gasteiger partial charge < -0.3 is 5.32 Å². The Morgan fingerprint density at radius 2 is 2.19 bits per heavy atom. The van der Waals surface area contributed by atoms with Gasteiger partial charge in [-0.2, -0.15) is 0 Å². The minimum absolute atomic E-state index is 0.895. The van der Waals surface area contributed by atoms with Crippen molar-refractivity contribution in [2.45, 2.75) is 10.8 Å². The van der Waals surface area contributed by atoms with Gasteiger partial charge in [0.25, 0.3) is 0 Å². The summed E-state index contributed by atoms with van der Waals surface area (Å²) in [6, 6.07) is 3.95. The molecule has 0 aliphatic carbocycles. The van der Waals surface area contributed by atoms with Gasteiger partial charge in [0.2, 0.25) is 0 Å². The topological polar surface area (TPSA) is 50.7 Å². The number of nitrogens with one attached hydrogen (secondary N) is 1. The number of fused-ring (bicyclic) bond motifs is 1.